The van der Waals surface area contributed by atoms with E-state index in [1.807, 2.05) is 6.92 Å². The van der Waals surface area contributed by atoms with Gasteiger partial charge < -0.3 is 10.1 Å². The van der Waals surface area contributed by atoms with Crippen LogP contribution in [0.3, 0.4) is 0 Å². The van der Waals surface area contributed by atoms with Crippen LogP contribution in [0.5, 0.6) is 5.75 Å². The molecule has 136 valence electrons. The van der Waals surface area contributed by atoms with E-state index in [0.29, 0.717) is 11.4 Å². The van der Waals surface area contributed by atoms with Gasteiger partial charge in [-0.25, -0.2) is 13.4 Å². The average molecular weight is 391 g/mol. The molecule has 2 N–H and O–H groups in total. The van der Waals surface area contributed by atoms with Crippen LogP contribution in [-0.4, -0.2) is 26.4 Å². The highest BCUT2D eigenvalue weighted by atomic mass is 32.2. The van der Waals surface area contributed by atoms with Crippen molar-refractivity contribution in [2.45, 2.75) is 18.7 Å². The summed E-state index contributed by atoms with van der Waals surface area (Å²) in [5, 5.41) is 3.48. The van der Waals surface area contributed by atoms with E-state index in [2.05, 4.69) is 15.0 Å². The summed E-state index contributed by atoms with van der Waals surface area (Å²) in [4.78, 5) is 15.7. The molecular formula is C17H17N3O4S2. The minimum absolute atomic E-state index is 0.0163. The third-order valence-electron chi connectivity index (χ3n) is 3.54. The summed E-state index contributed by atoms with van der Waals surface area (Å²) in [7, 11) is -2.39. The molecule has 26 heavy (non-hydrogen) atoms. The first-order chi connectivity index (χ1) is 12.3. The van der Waals surface area contributed by atoms with Gasteiger partial charge in [-0.2, -0.15) is 0 Å². The summed E-state index contributed by atoms with van der Waals surface area (Å²) in [5.41, 5.74) is 1.56. The lowest BCUT2D eigenvalue weighted by Gasteiger charge is -2.12. The predicted octanol–water partition coefficient (Wildman–Crippen LogP) is 3.37. The third-order valence-corrected chi connectivity index (χ3v) is 5.85. The van der Waals surface area contributed by atoms with Crippen LogP contribution in [0.1, 0.15) is 11.9 Å². The molecular weight excluding hydrogens is 374 g/mol. The Morgan fingerprint density at radius 1 is 1.19 bits per heavy atom. The number of hydrogen-bond acceptors (Lipinski definition) is 6. The number of anilines is 2. The molecule has 1 amide bonds. The Morgan fingerprint density at radius 3 is 2.65 bits per heavy atom. The first kappa shape index (κ1) is 18.2. The summed E-state index contributed by atoms with van der Waals surface area (Å²) in [6.45, 7) is 3.24. The zero-order valence-electron chi connectivity index (χ0n) is 14.4. The molecule has 0 aliphatic rings. The minimum Gasteiger partial charge on any atom is -0.495 e. The number of nitrogens with one attached hydrogen (secondary N) is 2. The van der Waals surface area contributed by atoms with Crippen LogP contribution >= 0.6 is 11.3 Å². The van der Waals surface area contributed by atoms with Gasteiger partial charge >= 0.3 is 0 Å². The SMILES string of the molecule is COc1ccc(S(=O)(=O)Nc2ccc3nc(C)sc3c2)cc1NC(C)=O. The van der Waals surface area contributed by atoms with Crippen LogP contribution in [0.15, 0.2) is 41.3 Å². The number of carbonyl (C=O) groups excluding carboxylic acids is 1. The number of amides is 1. The number of sulfonamides is 1. The Morgan fingerprint density at radius 2 is 1.96 bits per heavy atom. The summed E-state index contributed by atoms with van der Waals surface area (Å²) < 4.78 is 34.0. The van der Waals surface area contributed by atoms with Gasteiger partial charge in [-0.05, 0) is 43.3 Å². The van der Waals surface area contributed by atoms with E-state index in [0.717, 1.165) is 15.2 Å². The molecule has 1 aromatic heterocycles. The van der Waals surface area contributed by atoms with E-state index in [1.165, 1.54) is 43.6 Å². The quantitative estimate of drug-likeness (QED) is 0.695. The van der Waals surface area contributed by atoms with Crippen molar-refractivity contribution in [3.05, 3.63) is 41.4 Å². The van der Waals surface area contributed by atoms with Gasteiger partial charge in [0.05, 0.1) is 38.6 Å². The van der Waals surface area contributed by atoms with Gasteiger partial charge in [0.15, 0.2) is 0 Å². The molecule has 0 atom stereocenters. The molecule has 0 radical (unpaired) electrons. The Bertz CT molecular complexity index is 1090. The van der Waals surface area contributed by atoms with Crippen LogP contribution in [-0.2, 0) is 14.8 Å². The van der Waals surface area contributed by atoms with Gasteiger partial charge in [0.2, 0.25) is 5.91 Å². The summed E-state index contributed by atoms with van der Waals surface area (Å²) in [5.74, 6) is 0.0533. The summed E-state index contributed by atoms with van der Waals surface area (Å²) in [6.07, 6.45) is 0. The van der Waals surface area contributed by atoms with Crippen LogP contribution in [0, 0.1) is 6.92 Å². The molecule has 0 aliphatic heterocycles. The van der Waals surface area contributed by atoms with E-state index < -0.39 is 10.0 Å². The first-order valence-corrected chi connectivity index (χ1v) is 9.94. The maximum Gasteiger partial charge on any atom is 0.261 e. The standard InChI is InChI=1S/C17H17N3O4S2/c1-10(21)18-15-9-13(5-7-16(15)24-3)26(22,23)20-12-4-6-14-17(8-12)25-11(2)19-14/h4-9,20H,1-3H3,(H,18,21). The van der Waals surface area contributed by atoms with Crippen LogP contribution < -0.4 is 14.8 Å². The van der Waals surface area contributed by atoms with Crippen LogP contribution in [0.25, 0.3) is 10.2 Å². The van der Waals surface area contributed by atoms with E-state index in [1.54, 1.807) is 18.2 Å². The number of aryl methyl sites for hydroxylation is 1. The van der Waals surface area contributed by atoms with Crippen molar-refractivity contribution in [1.82, 2.24) is 4.98 Å². The number of benzene rings is 2. The summed E-state index contributed by atoms with van der Waals surface area (Å²) >= 11 is 1.49. The van der Waals surface area contributed by atoms with E-state index in [4.69, 9.17) is 4.74 Å². The fourth-order valence-electron chi connectivity index (χ4n) is 2.46. The fraction of sp³-hybridized carbons (Fsp3) is 0.176. The Balaban J connectivity index is 1.94. The molecule has 0 unspecified atom stereocenters. The van der Waals surface area contributed by atoms with E-state index >= 15 is 0 Å². The monoisotopic (exact) mass is 391 g/mol. The molecule has 3 rings (SSSR count). The lowest BCUT2D eigenvalue weighted by Crippen LogP contribution is -2.14. The molecule has 7 nitrogen and oxygen atoms in total. The zero-order valence-corrected chi connectivity index (χ0v) is 16.0. The number of nitrogens with zero attached hydrogens (tertiary/aromatic N) is 1. The average Bonchev–Trinajstić information content (AvgIpc) is 2.93. The van der Waals surface area contributed by atoms with Crippen LogP contribution in [0.2, 0.25) is 0 Å². The number of methoxy groups -OCH3 is 1. The molecule has 3 aromatic rings. The van der Waals surface area contributed by atoms with Crippen LogP contribution in [0.4, 0.5) is 11.4 Å². The highest BCUT2D eigenvalue weighted by molar-refractivity contribution is 7.92. The van der Waals surface area contributed by atoms with Gasteiger partial charge in [-0.15, -0.1) is 11.3 Å². The Hall–Kier alpha value is -2.65. The molecule has 0 saturated carbocycles. The van der Waals surface area contributed by atoms with Gasteiger partial charge in [-0.3, -0.25) is 9.52 Å². The normalized spacial score (nSPS) is 11.3. The molecule has 0 aliphatic carbocycles. The largest absolute Gasteiger partial charge is 0.495 e. The minimum atomic E-state index is -3.83. The van der Waals surface area contributed by atoms with Crippen molar-refractivity contribution in [2.75, 3.05) is 17.1 Å². The number of hydrogen-bond donors (Lipinski definition) is 2. The molecule has 0 saturated heterocycles. The second-order valence-corrected chi connectivity index (χ2v) is 8.48. The number of fused-ring (bicyclic) bond motifs is 1. The lowest BCUT2D eigenvalue weighted by atomic mass is 10.3. The van der Waals surface area contributed by atoms with Crippen molar-refractivity contribution in [1.29, 1.82) is 0 Å². The van der Waals surface area contributed by atoms with Crippen molar-refractivity contribution in [3.63, 3.8) is 0 Å². The van der Waals surface area contributed by atoms with Crippen molar-refractivity contribution < 1.29 is 17.9 Å². The number of carbonyl (C=O) groups is 1. The number of rotatable bonds is 5. The Kier molecular flexibility index (Phi) is 4.84. The van der Waals surface area contributed by atoms with E-state index in [-0.39, 0.29) is 16.5 Å². The van der Waals surface area contributed by atoms with Crippen molar-refractivity contribution >= 4 is 48.9 Å². The topological polar surface area (TPSA) is 97.4 Å². The molecule has 0 bridgehead atoms. The second-order valence-electron chi connectivity index (χ2n) is 5.56. The zero-order chi connectivity index (χ0) is 18.9. The maximum atomic E-state index is 12.7. The summed E-state index contributed by atoms with van der Waals surface area (Å²) in [6, 6.07) is 9.45. The van der Waals surface area contributed by atoms with Gasteiger partial charge in [-0.1, -0.05) is 0 Å². The smallest absolute Gasteiger partial charge is 0.261 e. The maximum absolute atomic E-state index is 12.7. The predicted molar refractivity (Wildman–Crippen MR) is 102 cm³/mol. The van der Waals surface area contributed by atoms with Crippen molar-refractivity contribution in [3.8, 4) is 5.75 Å². The molecule has 1 heterocycles. The van der Waals surface area contributed by atoms with E-state index in [9.17, 15) is 13.2 Å². The highest BCUT2D eigenvalue weighted by Crippen LogP contribution is 2.30. The highest BCUT2D eigenvalue weighted by Gasteiger charge is 2.18. The van der Waals surface area contributed by atoms with Gasteiger partial charge in [0.1, 0.15) is 5.75 Å². The molecule has 9 heteroatoms. The Labute approximate surface area is 155 Å². The number of ether oxygens (including phenoxy) is 1. The van der Waals surface area contributed by atoms with Gasteiger partial charge in [0.25, 0.3) is 10.0 Å². The lowest BCUT2D eigenvalue weighted by molar-refractivity contribution is -0.114. The van der Waals surface area contributed by atoms with Crippen molar-refractivity contribution in [2.24, 2.45) is 0 Å². The number of aromatic nitrogens is 1. The fourth-order valence-corrected chi connectivity index (χ4v) is 4.40. The molecule has 0 spiro atoms. The second kappa shape index (κ2) is 6.93. The first-order valence-electron chi connectivity index (χ1n) is 7.64. The third kappa shape index (κ3) is 3.78. The van der Waals surface area contributed by atoms with Gasteiger partial charge in [0, 0.05) is 6.92 Å². The number of thiazole rings is 1. The molecule has 2 aromatic carbocycles. The molecule has 0 fully saturated rings.